The van der Waals surface area contributed by atoms with E-state index in [-0.39, 0.29) is 0 Å². The van der Waals surface area contributed by atoms with Crippen molar-refractivity contribution in [3.8, 4) is 0 Å². The molecule has 0 aliphatic rings. The number of carbonyl (C=O) groups excluding carboxylic acids is 2. The van der Waals surface area contributed by atoms with Crippen LogP contribution in [0, 0.1) is 13.8 Å². The van der Waals surface area contributed by atoms with Crippen LogP contribution in [-0.2, 0) is 16.0 Å². The Kier molecular flexibility index (Phi) is 11.3. The SMILES string of the molecule is CN=C=O.CN=C=O.Cc1cccc(Cc2cccc(C)c2)c1. The molecule has 0 atom stereocenters. The maximum absolute atomic E-state index is 8.88. The minimum Gasteiger partial charge on any atom is -0.211 e. The zero-order valence-corrected chi connectivity index (χ0v) is 14.0. The number of rotatable bonds is 2. The Balaban J connectivity index is 0.000000509. The Bertz CT molecular complexity index is 624. The molecule has 2 rings (SSSR count). The average Bonchev–Trinajstić information content (AvgIpc) is 2.55. The Morgan fingerprint density at radius 2 is 1.13 bits per heavy atom. The summed E-state index contributed by atoms with van der Waals surface area (Å²) < 4.78 is 0. The second-order valence-electron chi connectivity index (χ2n) is 4.78. The minimum atomic E-state index is 1.03. The van der Waals surface area contributed by atoms with Crippen molar-refractivity contribution in [1.29, 1.82) is 0 Å². The molecule has 0 radical (unpaired) electrons. The third kappa shape index (κ3) is 10.6. The van der Waals surface area contributed by atoms with Crippen molar-refractivity contribution in [1.82, 2.24) is 0 Å². The van der Waals surface area contributed by atoms with Gasteiger partial charge in [-0.05, 0) is 31.4 Å². The van der Waals surface area contributed by atoms with Gasteiger partial charge >= 0.3 is 0 Å². The van der Waals surface area contributed by atoms with Gasteiger partial charge in [-0.25, -0.2) is 19.6 Å². The van der Waals surface area contributed by atoms with Gasteiger partial charge in [0.2, 0.25) is 12.2 Å². The molecular weight excluding hydrogens is 288 g/mol. The van der Waals surface area contributed by atoms with Crippen LogP contribution in [0.3, 0.4) is 0 Å². The molecule has 0 saturated heterocycles. The van der Waals surface area contributed by atoms with E-state index in [9.17, 15) is 0 Å². The fourth-order valence-corrected chi connectivity index (χ4v) is 1.88. The first-order chi connectivity index (χ1) is 11.1. The highest BCUT2D eigenvalue weighted by Crippen LogP contribution is 2.12. The maximum Gasteiger partial charge on any atom is 0.234 e. The summed E-state index contributed by atoms with van der Waals surface area (Å²) in [7, 11) is 2.76. The quantitative estimate of drug-likeness (QED) is 0.626. The number of aliphatic imine (C=N–C) groups is 2. The van der Waals surface area contributed by atoms with Crippen LogP contribution in [0.2, 0.25) is 0 Å². The summed E-state index contributed by atoms with van der Waals surface area (Å²) >= 11 is 0. The number of nitrogens with zero attached hydrogens (tertiary/aromatic N) is 2. The molecule has 2 aromatic rings. The summed E-state index contributed by atoms with van der Waals surface area (Å²) in [6, 6.07) is 17.4. The third-order valence-corrected chi connectivity index (χ3v) is 2.76. The average molecular weight is 310 g/mol. The number of hydrogen-bond acceptors (Lipinski definition) is 4. The summed E-state index contributed by atoms with van der Waals surface area (Å²) in [5, 5.41) is 0. The van der Waals surface area contributed by atoms with E-state index in [1.54, 1.807) is 0 Å². The summed E-state index contributed by atoms with van der Waals surface area (Å²) in [6.07, 6.45) is 3.64. The lowest BCUT2D eigenvalue weighted by molar-refractivity contribution is 0.564. The molecule has 0 aliphatic heterocycles. The van der Waals surface area contributed by atoms with Crippen LogP contribution < -0.4 is 0 Å². The van der Waals surface area contributed by atoms with E-state index in [0.29, 0.717) is 0 Å². The molecule has 0 spiro atoms. The maximum atomic E-state index is 8.88. The summed E-state index contributed by atoms with van der Waals surface area (Å²) in [4.78, 5) is 23.6. The molecule has 23 heavy (non-hydrogen) atoms. The highest BCUT2D eigenvalue weighted by atomic mass is 16.1. The fraction of sp³-hybridized carbons (Fsp3) is 0.263. The molecule has 2 aromatic carbocycles. The number of isocyanates is 2. The minimum absolute atomic E-state index is 1.03. The van der Waals surface area contributed by atoms with Crippen molar-refractivity contribution in [2.24, 2.45) is 9.98 Å². The summed E-state index contributed by atoms with van der Waals surface area (Å²) in [5.74, 6) is 0. The molecule has 0 fully saturated rings. The lowest BCUT2D eigenvalue weighted by atomic mass is 10.0. The van der Waals surface area contributed by atoms with Gasteiger partial charge in [-0.15, -0.1) is 0 Å². The molecular formula is C19H22N2O2. The highest BCUT2D eigenvalue weighted by Gasteiger charge is 1.96. The van der Waals surface area contributed by atoms with E-state index in [0.717, 1.165) is 6.42 Å². The van der Waals surface area contributed by atoms with Crippen molar-refractivity contribution >= 4 is 12.2 Å². The molecule has 4 nitrogen and oxygen atoms in total. The van der Waals surface area contributed by atoms with Crippen molar-refractivity contribution in [3.63, 3.8) is 0 Å². The van der Waals surface area contributed by atoms with Gasteiger partial charge < -0.3 is 0 Å². The Morgan fingerprint density at radius 1 is 0.783 bits per heavy atom. The van der Waals surface area contributed by atoms with E-state index in [4.69, 9.17) is 9.59 Å². The van der Waals surface area contributed by atoms with E-state index in [1.807, 2.05) is 0 Å². The molecule has 0 aliphatic carbocycles. The molecule has 4 heteroatoms. The predicted octanol–water partition coefficient (Wildman–Crippen LogP) is 3.80. The van der Waals surface area contributed by atoms with E-state index in [1.165, 1.54) is 48.5 Å². The van der Waals surface area contributed by atoms with Gasteiger partial charge in [0, 0.05) is 14.1 Å². The van der Waals surface area contributed by atoms with E-state index in [2.05, 4.69) is 72.4 Å². The first kappa shape index (κ1) is 20.2. The molecule has 0 heterocycles. The Morgan fingerprint density at radius 3 is 1.39 bits per heavy atom. The topological polar surface area (TPSA) is 58.9 Å². The standard InChI is InChI=1S/C15H16.2C2H3NO/c1-12-5-3-7-14(9-12)11-15-8-4-6-13(2)10-15;2*1-3-2-4/h3-10H,11H2,1-2H3;2*1H3. The van der Waals surface area contributed by atoms with Crippen molar-refractivity contribution < 1.29 is 9.59 Å². The van der Waals surface area contributed by atoms with Gasteiger partial charge in [-0.3, -0.25) is 0 Å². The van der Waals surface area contributed by atoms with Gasteiger partial charge in [-0.1, -0.05) is 59.7 Å². The fourth-order valence-electron chi connectivity index (χ4n) is 1.88. The largest absolute Gasteiger partial charge is 0.234 e. The van der Waals surface area contributed by atoms with Crippen LogP contribution in [0.4, 0.5) is 0 Å². The Hall–Kier alpha value is -2.80. The number of hydrogen-bond donors (Lipinski definition) is 0. The molecule has 0 saturated carbocycles. The molecule has 0 N–H and O–H groups in total. The second-order valence-corrected chi connectivity index (χ2v) is 4.78. The van der Waals surface area contributed by atoms with Gasteiger partial charge in [-0.2, -0.15) is 0 Å². The third-order valence-electron chi connectivity index (χ3n) is 2.76. The smallest absolute Gasteiger partial charge is 0.211 e. The number of benzene rings is 2. The van der Waals surface area contributed by atoms with Crippen LogP contribution in [0.25, 0.3) is 0 Å². The van der Waals surface area contributed by atoms with Crippen LogP contribution in [0.15, 0.2) is 58.5 Å². The first-order valence-corrected chi connectivity index (χ1v) is 7.10. The normalized spacial score (nSPS) is 8.17. The van der Waals surface area contributed by atoms with Crippen LogP contribution in [0.5, 0.6) is 0 Å². The van der Waals surface area contributed by atoms with E-state index >= 15 is 0 Å². The molecule has 0 amide bonds. The van der Waals surface area contributed by atoms with Gasteiger partial charge in [0.05, 0.1) is 0 Å². The predicted molar refractivity (Wildman–Crippen MR) is 93.3 cm³/mol. The Labute approximate surface area is 137 Å². The summed E-state index contributed by atoms with van der Waals surface area (Å²) in [5.41, 5.74) is 5.45. The molecule has 120 valence electrons. The first-order valence-electron chi connectivity index (χ1n) is 7.10. The number of aryl methyl sites for hydroxylation is 2. The van der Waals surface area contributed by atoms with Gasteiger partial charge in [0.25, 0.3) is 0 Å². The zero-order chi connectivity index (χ0) is 17.5. The molecule has 0 aromatic heterocycles. The van der Waals surface area contributed by atoms with Crippen molar-refractivity contribution in [2.75, 3.05) is 14.1 Å². The lowest BCUT2D eigenvalue weighted by Crippen LogP contribution is -1.89. The second kappa shape index (κ2) is 12.9. The van der Waals surface area contributed by atoms with Crippen LogP contribution in [0.1, 0.15) is 22.3 Å². The monoisotopic (exact) mass is 310 g/mol. The van der Waals surface area contributed by atoms with Crippen molar-refractivity contribution in [2.45, 2.75) is 20.3 Å². The zero-order valence-electron chi connectivity index (χ0n) is 14.0. The van der Waals surface area contributed by atoms with Crippen LogP contribution in [-0.4, -0.2) is 26.3 Å². The van der Waals surface area contributed by atoms with E-state index < -0.39 is 0 Å². The highest BCUT2D eigenvalue weighted by molar-refractivity contribution is 5.32. The lowest BCUT2D eigenvalue weighted by Gasteiger charge is -2.03. The molecule has 0 unspecified atom stereocenters. The molecule has 0 bridgehead atoms. The summed E-state index contributed by atoms with van der Waals surface area (Å²) in [6.45, 7) is 4.28. The van der Waals surface area contributed by atoms with Crippen molar-refractivity contribution in [3.05, 3.63) is 70.8 Å². The van der Waals surface area contributed by atoms with Crippen LogP contribution >= 0.6 is 0 Å². The van der Waals surface area contributed by atoms with Gasteiger partial charge in [0.15, 0.2) is 0 Å². The van der Waals surface area contributed by atoms with Gasteiger partial charge in [0.1, 0.15) is 0 Å².